The van der Waals surface area contributed by atoms with E-state index in [1.54, 1.807) is 11.0 Å². The fraction of sp³-hybridized carbons (Fsp3) is 0.562. The average molecular weight is 285 g/mol. The van der Waals surface area contributed by atoms with Crippen molar-refractivity contribution in [2.75, 3.05) is 5.32 Å². The number of benzene rings is 1. The van der Waals surface area contributed by atoms with Gasteiger partial charge in [0, 0.05) is 11.7 Å². The summed E-state index contributed by atoms with van der Waals surface area (Å²) in [6.07, 6.45) is 4.13. The molecule has 5 heteroatoms. The van der Waals surface area contributed by atoms with E-state index < -0.39 is 0 Å². The van der Waals surface area contributed by atoms with Gasteiger partial charge >= 0.3 is 0 Å². The molecule has 1 heterocycles. The number of aryl methyl sites for hydroxylation is 1. The normalized spacial score (nSPS) is 24.2. The van der Waals surface area contributed by atoms with Gasteiger partial charge in [-0.3, -0.25) is 0 Å². The summed E-state index contributed by atoms with van der Waals surface area (Å²) in [4.78, 5) is 0. The minimum absolute atomic E-state index is 0.443. The molecule has 2 atom stereocenters. The van der Waals surface area contributed by atoms with Crippen molar-refractivity contribution >= 4 is 5.69 Å². The van der Waals surface area contributed by atoms with Gasteiger partial charge in [-0.2, -0.15) is 0 Å². The minimum atomic E-state index is 0.443. The molecule has 0 spiro atoms. The Morgan fingerprint density at radius 3 is 2.67 bits per heavy atom. The summed E-state index contributed by atoms with van der Waals surface area (Å²) in [5.74, 6) is 0.708. The van der Waals surface area contributed by atoms with Crippen LogP contribution in [0.4, 0.5) is 5.69 Å². The van der Waals surface area contributed by atoms with Crippen LogP contribution in [0.5, 0.6) is 0 Å². The molecule has 1 saturated carbocycles. The summed E-state index contributed by atoms with van der Waals surface area (Å²) in [6.45, 7) is 9.15. The standard InChI is InChI=1S/C16H23N5/c1-11-7-13(5-6-15(11)21-10-17-19-20-21)18-14-9-16(3,4)8-12(14)2/h5-7,10,12,14,18H,8-9H2,1-4H3. The smallest absolute Gasteiger partial charge is 0.143 e. The summed E-state index contributed by atoms with van der Waals surface area (Å²) in [6, 6.07) is 6.91. The van der Waals surface area contributed by atoms with E-state index in [9.17, 15) is 0 Å². The molecule has 21 heavy (non-hydrogen) atoms. The third kappa shape index (κ3) is 2.91. The number of hydrogen-bond donors (Lipinski definition) is 1. The molecule has 5 nitrogen and oxygen atoms in total. The van der Waals surface area contributed by atoms with Crippen molar-refractivity contribution in [1.82, 2.24) is 20.2 Å². The Morgan fingerprint density at radius 2 is 2.10 bits per heavy atom. The van der Waals surface area contributed by atoms with Crippen molar-refractivity contribution in [3.05, 3.63) is 30.1 Å². The lowest BCUT2D eigenvalue weighted by Crippen LogP contribution is -2.22. The highest BCUT2D eigenvalue weighted by molar-refractivity contribution is 5.53. The second-order valence-electron chi connectivity index (χ2n) is 7.06. The van der Waals surface area contributed by atoms with Gasteiger partial charge in [0.25, 0.3) is 0 Å². The predicted molar refractivity (Wildman–Crippen MR) is 83.5 cm³/mol. The molecule has 112 valence electrons. The summed E-state index contributed by atoms with van der Waals surface area (Å²) in [7, 11) is 0. The van der Waals surface area contributed by atoms with Gasteiger partial charge in [0.1, 0.15) is 6.33 Å². The fourth-order valence-corrected chi connectivity index (χ4v) is 3.58. The van der Waals surface area contributed by atoms with E-state index in [1.165, 1.54) is 18.5 Å². The lowest BCUT2D eigenvalue weighted by atomic mass is 9.91. The van der Waals surface area contributed by atoms with Crippen molar-refractivity contribution in [3.63, 3.8) is 0 Å². The van der Waals surface area contributed by atoms with Crippen molar-refractivity contribution in [3.8, 4) is 5.69 Å². The number of tetrazole rings is 1. The van der Waals surface area contributed by atoms with Crippen molar-refractivity contribution in [1.29, 1.82) is 0 Å². The van der Waals surface area contributed by atoms with Crippen LogP contribution >= 0.6 is 0 Å². The van der Waals surface area contributed by atoms with Gasteiger partial charge in [0.15, 0.2) is 0 Å². The maximum absolute atomic E-state index is 3.95. The molecular formula is C16H23N5. The van der Waals surface area contributed by atoms with E-state index in [-0.39, 0.29) is 0 Å². The van der Waals surface area contributed by atoms with Crippen LogP contribution in [-0.4, -0.2) is 26.2 Å². The van der Waals surface area contributed by atoms with Gasteiger partial charge in [-0.15, -0.1) is 5.10 Å². The molecule has 0 aliphatic heterocycles. The number of nitrogens with one attached hydrogen (secondary N) is 1. The lowest BCUT2D eigenvalue weighted by Gasteiger charge is -2.20. The van der Waals surface area contributed by atoms with Crippen LogP contribution in [0.2, 0.25) is 0 Å². The molecule has 0 amide bonds. The predicted octanol–water partition coefficient (Wildman–Crippen LogP) is 3.21. The van der Waals surface area contributed by atoms with Crippen molar-refractivity contribution in [2.24, 2.45) is 11.3 Å². The fourth-order valence-electron chi connectivity index (χ4n) is 3.58. The SMILES string of the molecule is Cc1cc(NC2CC(C)(C)CC2C)ccc1-n1cnnn1. The Labute approximate surface area is 125 Å². The van der Waals surface area contributed by atoms with Gasteiger partial charge in [-0.25, -0.2) is 4.68 Å². The molecule has 0 saturated heterocycles. The second kappa shape index (κ2) is 5.13. The Kier molecular flexibility index (Phi) is 3.43. The first-order valence-corrected chi connectivity index (χ1v) is 7.55. The number of hydrogen-bond acceptors (Lipinski definition) is 4. The van der Waals surface area contributed by atoms with E-state index in [0.717, 1.165) is 11.3 Å². The number of rotatable bonds is 3. The summed E-state index contributed by atoms with van der Waals surface area (Å²) >= 11 is 0. The molecule has 1 aromatic heterocycles. The van der Waals surface area contributed by atoms with E-state index in [0.29, 0.717) is 17.4 Å². The van der Waals surface area contributed by atoms with Crippen molar-refractivity contribution in [2.45, 2.75) is 46.6 Å². The second-order valence-corrected chi connectivity index (χ2v) is 7.06. The molecule has 0 radical (unpaired) electrons. The van der Waals surface area contributed by atoms with E-state index in [4.69, 9.17) is 0 Å². The molecule has 1 aliphatic carbocycles. The van der Waals surface area contributed by atoms with Gasteiger partial charge < -0.3 is 5.32 Å². The molecule has 1 aromatic carbocycles. The molecule has 1 N–H and O–H groups in total. The molecule has 1 aliphatic rings. The summed E-state index contributed by atoms with van der Waals surface area (Å²) in [5, 5.41) is 15.0. The largest absolute Gasteiger partial charge is 0.382 e. The van der Waals surface area contributed by atoms with Gasteiger partial charge in [0.05, 0.1) is 5.69 Å². The Bertz CT molecular complexity index is 618. The third-order valence-corrected chi connectivity index (χ3v) is 4.48. The van der Waals surface area contributed by atoms with Crippen LogP contribution in [0, 0.1) is 18.3 Å². The topological polar surface area (TPSA) is 55.6 Å². The molecule has 1 fully saturated rings. The van der Waals surface area contributed by atoms with E-state index in [1.807, 2.05) is 0 Å². The quantitative estimate of drug-likeness (QED) is 0.941. The maximum atomic E-state index is 3.95. The number of aromatic nitrogens is 4. The zero-order valence-corrected chi connectivity index (χ0v) is 13.2. The van der Waals surface area contributed by atoms with Crippen LogP contribution in [0.1, 0.15) is 39.2 Å². The average Bonchev–Trinajstić information content (AvgIpc) is 2.98. The van der Waals surface area contributed by atoms with Crippen LogP contribution in [0.3, 0.4) is 0 Å². The van der Waals surface area contributed by atoms with Crippen LogP contribution in [0.25, 0.3) is 5.69 Å². The number of nitrogens with zero attached hydrogens (tertiary/aromatic N) is 4. The monoisotopic (exact) mass is 285 g/mol. The Morgan fingerprint density at radius 1 is 1.29 bits per heavy atom. The summed E-state index contributed by atoms with van der Waals surface area (Å²) in [5.41, 5.74) is 3.81. The molecule has 0 bridgehead atoms. The van der Waals surface area contributed by atoms with E-state index >= 15 is 0 Å². The van der Waals surface area contributed by atoms with E-state index in [2.05, 4.69) is 66.7 Å². The van der Waals surface area contributed by atoms with Gasteiger partial charge in [-0.1, -0.05) is 20.8 Å². The molecule has 2 aromatic rings. The lowest BCUT2D eigenvalue weighted by molar-refractivity contribution is 0.366. The first kappa shape index (κ1) is 14.0. The zero-order valence-electron chi connectivity index (χ0n) is 13.2. The minimum Gasteiger partial charge on any atom is -0.382 e. The van der Waals surface area contributed by atoms with Crippen LogP contribution < -0.4 is 5.32 Å². The maximum Gasteiger partial charge on any atom is 0.143 e. The van der Waals surface area contributed by atoms with Crippen molar-refractivity contribution < 1.29 is 0 Å². The van der Waals surface area contributed by atoms with Gasteiger partial charge in [0.2, 0.25) is 0 Å². The number of anilines is 1. The Balaban J connectivity index is 1.77. The zero-order chi connectivity index (χ0) is 15.0. The highest BCUT2D eigenvalue weighted by Crippen LogP contribution is 2.42. The first-order chi connectivity index (χ1) is 9.94. The highest BCUT2D eigenvalue weighted by atomic mass is 15.5. The Hall–Kier alpha value is -1.91. The van der Waals surface area contributed by atoms with Crippen LogP contribution in [-0.2, 0) is 0 Å². The van der Waals surface area contributed by atoms with Crippen LogP contribution in [0.15, 0.2) is 24.5 Å². The third-order valence-electron chi connectivity index (χ3n) is 4.48. The molecular weight excluding hydrogens is 262 g/mol. The highest BCUT2D eigenvalue weighted by Gasteiger charge is 2.36. The first-order valence-electron chi connectivity index (χ1n) is 7.55. The van der Waals surface area contributed by atoms with Gasteiger partial charge in [-0.05, 0) is 65.3 Å². The molecule has 3 rings (SSSR count). The molecule has 2 unspecified atom stereocenters. The summed E-state index contributed by atoms with van der Waals surface area (Å²) < 4.78 is 1.69.